The minimum Gasteiger partial charge on any atom is -0.497 e. The van der Waals surface area contributed by atoms with Crippen molar-refractivity contribution in [3.05, 3.63) is 112 Å². The number of aromatic nitrogens is 3. The summed E-state index contributed by atoms with van der Waals surface area (Å²) in [5.41, 5.74) is 7.75. The molecule has 6 heteroatoms. The number of anilines is 1. The lowest BCUT2D eigenvalue weighted by atomic mass is 10.0. The van der Waals surface area contributed by atoms with Gasteiger partial charge in [0.05, 0.1) is 23.5 Å². The number of halogens is 1. The van der Waals surface area contributed by atoms with Gasteiger partial charge >= 0.3 is 0 Å². The van der Waals surface area contributed by atoms with Crippen LogP contribution in [0.15, 0.2) is 89.5 Å². The Morgan fingerprint density at radius 1 is 0.912 bits per heavy atom. The molecule has 0 spiro atoms. The summed E-state index contributed by atoms with van der Waals surface area (Å²) in [5, 5.41) is 8.05. The lowest BCUT2D eigenvalue weighted by molar-refractivity contribution is 0.414. The molecule has 5 nitrogen and oxygen atoms in total. The van der Waals surface area contributed by atoms with Crippen molar-refractivity contribution in [3.63, 3.8) is 0 Å². The Bertz CT molecular complexity index is 1430. The topological polar surface area (TPSA) is 51.5 Å². The fraction of sp³-hybridized carbons (Fsp3) is 0.143. The number of fused-ring (bicyclic) bond motifs is 1. The lowest BCUT2D eigenvalue weighted by Crippen LogP contribution is -2.07. The van der Waals surface area contributed by atoms with Gasteiger partial charge in [-0.25, -0.2) is 4.98 Å². The van der Waals surface area contributed by atoms with Crippen LogP contribution >= 0.6 is 15.9 Å². The van der Waals surface area contributed by atoms with Gasteiger partial charge in [0.2, 0.25) is 0 Å². The van der Waals surface area contributed by atoms with Crippen LogP contribution in [-0.4, -0.2) is 21.7 Å². The molecule has 0 bridgehead atoms. The number of rotatable bonds is 7. The smallest absolute Gasteiger partial charge is 0.172 e. The van der Waals surface area contributed by atoms with E-state index < -0.39 is 0 Å². The zero-order valence-electron chi connectivity index (χ0n) is 19.1. The third-order valence-corrected chi connectivity index (χ3v) is 6.47. The van der Waals surface area contributed by atoms with Gasteiger partial charge in [0, 0.05) is 18.2 Å². The Hall–Kier alpha value is -3.64. The maximum atomic E-state index is 5.25. The third kappa shape index (κ3) is 4.68. The number of ether oxygens (including phenoxy) is 1. The first-order valence-corrected chi connectivity index (χ1v) is 11.9. The van der Waals surface area contributed by atoms with Gasteiger partial charge in [0.1, 0.15) is 11.6 Å². The van der Waals surface area contributed by atoms with E-state index in [1.165, 1.54) is 22.3 Å². The van der Waals surface area contributed by atoms with Crippen molar-refractivity contribution in [1.29, 1.82) is 0 Å². The van der Waals surface area contributed by atoms with E-state index in [0.29, 0.717) is 6.54 Å². The Morgan fingerprint density at radius 2 is 1.59 bits per heavy atom. The van der Waals surface area contributed by atoms with Gasteiger partial charge in [-0.15, -0.1) is 0 Å². The molecule has 0 saturated heterocycles. The molecule has 0 amide bonds. The van der Waals surface area contributed by atoms with Crippen molar-refractivity contribution in [2.75, 3.05) is 12.4 Å². The number of hydrogen-bond donors (Lipinski definition) is 1. The average Bonchev–Trinajstić information content (AvgIpc) is 3.25. The average molecular weight is 513 g/mol. The van der Waals surface area contributed by atoms with Crippen LogP contribution in [0.3, 0.4) is 0 Å². The highest BCUT2D eigenvalue weighted by Crippen LogP contribution is 2.28. The molecule has 3 aromatic carbocycles. The minimum absolute atomic E-state index is 0.687. The molecule has 2 heterocycles. The van der Waals surface area contributed by atoms with Crippen LogP contribution in [0.4, 0.5) is 5.82 Å². The highest BCUT2D eigenvalue weighted by molar-refractivity contribution is 9.10. The molecule has 5 aromatic rings. The lowest BCUT2D eigenvalue weighted by Gasteiger charge is -2.12. The highest BCUT2D eigenvalue weighted by atomic mass is 79.9. The van der Waals surface area contributed by atoms with Crippen molar-refractivity contribution in [2.24, 2.45) is 0 Å². The Kier molecular flexibility index (Phi) is 6.32. The minimum atomic E-state index is 0.687. The molecule has 0 aliphatic heterocycles. The standard InChI is InChI=1S/C28H25BrN4O/c1-19-5-3-4-6-24(19)26-16-27(33-28(32-26)25(29)18-31-33)30-17-22-9-7-20(8-10-22)15-21-11-13-23(34-2)14-12-21/h3-14,16,18,30H,15,17H2,1-2H3. The van der Waals surface area contributed by atoms with E-state index in [9.17, 15) is 0 Å². The van der Waals surface area contributed by atoms with E-state index in [1.807, 2.05) is 28.8 Å². The van der Waals surface area contributed by atoms with Crippen molar-refractivity contribution >= 4 is 27.4 Å². The van der Waals surface area contributed by atoms with Gasteiger partial charge in [0.15, 0.2) is 5.65 Å². The first-order valence-electron chi connectivity index (χ1n) is 11.2. The summed E-state index contributed by atoms with van der Waals surface area (Å²) in [7, 11) is 1.69. The zero-order chi connectivity index (χ0) is 23.5. The third-order valence-electron chi connectivity index (χ3n) is 5.91. The maximum absolute atomic E-state index is 5.25. The van der Waals surface area contributed by atoms with Crippen molar-refractivity contribution in [3.8, 4) is 17.0 Å². The van der Waals surface area contributed by atoms with Crippen LogP contribution < -0.4 is 10.1 Å². The fourth-order valence-electron chi connectivity index (χ4n) is 4.01. The second kappa shape index (κ2) is 9.69. The van der Waals surface area contributed by atoms with Gasteiger partial charge in [-0.1, -0.05) is 60.7 Å². The van der Waals surface area contributed by atoms with E-state index in [0.717, 1.165) is 39.4 Å². The van der Waals surface area contributed by atoms with Gasteiger partial charge < -0.3 is 10.1 Å². The summed E-state index contributed by atoms with van der Waals surface area (Å²) in [4.78, 5) is 4.85. The summed E-state index contributed by atoms with van der Waals surface area (Å²) in [5.74, 6) is 1.78. The molecule has 0 radical (unpaired) electrons. The monoisotopic (exact) mass is 512 g/mol. The molecule has 0 fully saturated rings. The van der Waals surface area contributed by atoms with Crippen LogP contribution in [-0.2, 0) is 13.0 Å². The van der Waals surface area contributed by atoms with Crippen LogP contribution in [0.2, 0.25) is 0 Å². The van der Waals surface area contributed by atoms with E-state index in [2.05, 4.69) is 87.9 Å². The first kappa shape index (κ1) is 22.2. The molecule has 0 aliphatic rings. The number of benzene rings is 3. The molecule has 2 aromatic heterocycles. The molecule has 0 aliphatic carbocycles. The van der Waals surface area contributed by atoms with Gasteiger partial charge in [-0.2, -0.15) is 9.61 Å². The quantitative estimate of drug-likeness (QED) is 0.264. The molecule has 0 atom stereocenters. The predicted molar refractivity (Wildman–Crippen MR) is 140 cm³/mol. The van der Waals surface area contributed by atoms with E-state index in [-0.39, 0.29) is 0 Å². The first-order chi connectivity index (χ1) is 16.6. The molecular weight excluding hydrogens is 488 g/mol. The van der Waals surface area contributed by atoms with Crippen LogP contribution in [0.5, 0.6) is 5.75 Å². The molecule has 1 N–H and O–H groups in total. The van der Waals surface area contributed by atoms with Crippen molar-refractivity contribution < 1.29 is 4.74 Å². The van der Waals surface area contributed by atoms with Crippen molar-refractivity contribution in [2.45, 2.75) is 19.9 Å². The zero-order valence-corrected chi connectivity index (χ0v) is 20.7. The highest BCUT2D eigenvalue weighted by Gasteiger charge is 2.12. The summed E-state index contributed by atoms with van der Waals surface area (Å²) < 4.78 is 7.95. The number of hydrogen-bond acceptors (Lipinski definition) is 4. The maximum Gasteiger partial charge on any atom is 0.172 e. The van der Waals surface area contributed by atoms with Crippen LogP contribution in [0, 0.1) is 6.92 Å². The van der Waals surface area contributed by atoms with E-state index in [4.69, 9.17) is 9.72 Å². The molecular formula is C28H25BrN4O. The molecule has 0 unspecified atom stereocenters. The summed E-state index contributed by atoms with van der Waals surface area (Å²) in [6, 6.07) is 27.3. The summed E-state index contributed by atoms with van der Waals surface area (Å²) in [6.07, 6.45) is 2.67. The number of nitrogens with one attached hydrogen (secondary N) is 1. The van der Waals surface area contributed by atoms with E-state index >= 15 is 0 Å². The van der Waals surface area contributed by atoms with Gasteiger partial charge in [-0.3, -0.25) is 0 Å². The second-order valence-electron chi connectivity index (χ2n) is 8.26. The summed E-state index contributed by atoms with van der Waals surface area (Å²) >= 11 is 3.58. The SMILES string of the molecule is COc1ccc(Cc2ccc(CNc3cc(-c4ccccc4C)nc4c(Br)cnn34)cc2)cc1. The molecule has 5 rings (SSSR count). The molecule has 170 valence electrons. The van der Waals surface area contributed by atoms with E-state index in [1.54, 1.807) is 13.3 Å². The molecule has 34 heavy (non-hydrogen) atoms. The normalized spacial score (nSPS) is 11.0. The number of methoxy groups -OCH3 is 1. The Balaban J connectivity index is 1.35. The number of nitrogens with zero attached hydrogens (tertiary/aromatic N) is 3. The van der Waals surface area contributed by atoms with Gasteiger partial charge in [0.25, 0.3) is 0 Å². The largest absolute Gasteiger partial charge is 0.497 e. The Labute approximate surface area is 207 Å². The summed E-state index contributed by atoms with van der Waals surface area (Å²) in [6.45, 7) is 2.79. The second-order valence-corrected chi connectivity index (χ2v) is 9.12. The van der Waals surface area contributed by atoms with Crippen molar-refractivity contribution in [1.82, 2.24) is 14.6 Å². The van der Waals surface area contributed by atoms with Crippen LogP contribution in [0.1, 0.15) is 22.3 Å². The molecule has 0 saturated carbocycles. The Morgan fingerprint density at radius 3 is 2.29 bits per heavy atom. The fourth-order valence-corrected chi connectivity index (χ4v) is 4.36. The predicted octanol–water partition coefficient (Wildman–Crippen LogP) is 6.68. The van der Waals surface area contributed by atoms with Gasteiger partial charge in [-0.05, 0) is 63.7 Å². The van der Waals surface area contributed by atoms with Crippen LogP contribution in [0.25, 0.3) is 16.9 Å². The number of aryl methyl sites for hydroxylation is 1.